The smallest absolute Gasteiger partial charge is 0.303 e. The lowest BCUT2D eigenvalue weighted by Crippen LogP contribution is -2.47. The molecule has 3 amide bonds. The molecule has 0 radical (unpaired) electrons. The Hall–Kier alpha value is -2.34. The Bertz CT molecular complexity index is 1310. The maximum Gasteiger partial charge on any atom is 0.303 e. The number of esters is 4. The minimum Gasteiger partial charge on any atom is -0.462 e. The monoisotopic (exact) mass is 971 g/mol. The van der Waals surface area contributed by atoms with Crippen LogP contribution in [0.3, 0.4) is 0 Å². The van der Waals surface area contributed by atoms with Crippen molar-refractivity contribution in [3.05, 3.63) is 21.8 Å². The van der Waals surface area contributed by atoms with E-state index in [0.29, 0.717) is 23.0 Å². The highest BCUT2D eigenvalue weighted by molar-refractivity contribution is 14.1. The van der Waals surface area contributed by atoms with Gasteiger partial charge in [-0.2, -0.15) is 0 Å². The number of ether oxygens (including phenoxy) is 5. The molecule has 1 saturated heterocycles. The number of anilines is 1. The van der Waals surface area contributed by atoms with Gasteiger partial charge in [-0.15, -0.1) is 0 Å². The number of halogens is 3. The highest BCUT2D eigenvalue weighted by Gasteiger charge is 2.34. The fourth-order valence-electron chi connectivity index (χ4n) is 4.19. The molecular weight excluding hydrogens is 939 g/mol. The van der Waals surface area contributed by atoms with Crippen LogP contribution in [0.15, 0.2) is 0 Å². The molecule has 2 rings (SSSR count). The molecule has 18 heteroatoms. The van der Waals surface area contributed by atoms with Crippen LogP contribution in [0.1, 0.15) is 61.3 Å². The highest BCUT2D eigenvalue weighted by atomic mass is 127. The highest BCUT2D eigenvalue weighted by Crippen LogP contribution is 2.37. The van der Waals surface area contributed by atoms with E-state index in [1.165, 1.54) is 0 Å². The molecule has 1 aliphatic rings. The Balaban J connectivity index is 2.69. The molecule has 0 saturated carbocycles. The Kier molecular flexibility index (Phi) is 15.6. The molecule has 1 aromatic carbocycles. The van der Waals surface area contributed by atoms with Crippen LogP contribution in [-0.4, -0.2) is 97.7 Å². The molecule has 1 heterocycles. The number of rotatable bonds is 14. The van der Waals surface area contributed by atoms with Crippen molar-refractivity contribution in [3.8, 4) is 0 Å². The van der Waals surface area contributed by atoms with E-state index < -0.39 is 73.1 Å². The summed E-state index contributed by atoms with van der Waals surface area (Å²) >= 11 is 5.52. The van der Waals surface area contributed by atoms with Crippen LogP contribution < -0.4 is 11.1 Å². The molecule has 1 aromatic rings. The summed E-state index contributed by atoms with van der Waals surface area (Å²) in [4.78, 5) is 88.0. The van der Waals surface area contributed by atoms with Crippen molar-refractivity contribution >= 4 is 115 Å². The van der Waals surface area contributed by atoms with Crippen molar-refractivity contribution in [2.75, 3.05) is 38.2 Å². The van der Waals surface area contributed by atoms with Gasteiger partial charge in [-0.25, -0.2) is 0 Å². The van der Waals surface area contributed by atoms with Gasteiger partial charge >= 0.3 is 23.9 Å². The van der Waals surface area contributed by atoms with Crippen molar-refractivity contribution in [2.45, 2.75) is 58.8 Å². The molecule has 3 atom stereocenters. The van der Waals surface area contributed by atoms with Crippen LogP contribution >= 0.6 is 67.8 Å². The average molecular weight is 971 g/mol. The van der Waals surface area contributed by atoms with Crippen molar-refractivity contribution in [3.63, 3.8) is 0 Å². The van der Waals surface area contributed by atoms with E-state index in [9.17, 15) is 33.6 Å². The van der Waals surface area contributed by atoms with E-state index in [4.69, 9.17) is 29.4 Å². The fraction of sp³-hybridized carbons (Fsp3) is 0.519. The molecular formula is C27H32I3N3O12. The number of amides is 3. The summed E-state index contributed by atoms with van der Waals surface area (Å²) in [6.07, 6.45) is -1.88. The first-order chi connectivity index (χ1) is 21.0. The third kappa shape index (κ3) is 11.8. The van der Waals surface area contributed by atoms with Gasteiger partial charge in [0.1, 0.15) is 19.3 Å². The number of nitrogens with one attached hydrogen (secondary N) is 1. The number of nitrogens with zero attached hydrogens (tertiary/aromatic N) is 1. The van der Waals surface area contributed by atoms with E-state index in [-0.39, 0.29) is 37.0 Å². The third-order valence-corrected chi connectivity index (χ3v) is 9.23. The summed E-state index contributed by atoms with van der Waals surface area (Å²) in [5, 5.41) is 2.76. The number of hydrogen-bond acceptors (Lipinski definition) is 12. The van der Waals surface area contributed by atoms with Crippen LogP contribution in [0.25, 0.3) is 0 Å². The maximum absolute atomic E-state index is 14.4. The summed E-state index contributed by atoms with van der Waals surface area (Å²) in [5.41, 5.74) is 5.79. The molecule has 0 aromatic heterocycles. The van der Waals surface area contributed by atoms with Gasteiger partial charge in [0.2, 0.25) is 0 Å². The summed E-state index contributed by atoms with van der Waals surface area (Å²) in [6, 6.07) is 0. The minimum atomic E-state index is -1.17. The molecule has 0 spiro atoms. The van der Waals surface area contributed by atoms with Gasteiger partial charge < -0.3 is 39.6 Å². The van der Waals surface area contributed by atoms with E-state index >= 15 is 0 Å². The van der Waals surface area contributed by atoms with Gasteiger partial charge in [0.15, 0.2) is 12.2 Å². The number of nitrogens with two attached hydrogens (primary N) is 1. The van der Waals surface area contributed by atoms with Crippen LogP contribution in [0.5, 0.6) is 0 Å². The number of carbonyl (C=O) groups excluding carboxylic acids is 7. The van der Waals surface area contributed by atoms with Gasteiger partial charge in [0, 0.05) is 37.9 Å². The number of carbonyl (C=O) groups is 7. The largest absolute Gasteiger partial charge is 0.462 e. The quantitative estimate of drug-likeness (QED) is 0.156. The van der Waals surface area contributed by atoms with Crippen molar-refractivity contribution < 1.29 is 57.2 Å². The van der Waals surface area contributed by atoms with Gasteiger partial charge in [-0.1, -0.05) is 0 Å². The normalized spacial score (nSPS) is 15.3. The van der Waals surface area contributed by atoms with Crippen molar-refractivity contribution in [1.82, 2.24) is 4.90 Å². The zero-order valence-corrected chi connectivity index (χ0v) is 31.2. The summed E-state index contributed by atoms with van der Waals surface area (Å²) in [7, 11) is 0. The predicted octanol–water partition coefficient (Wildman–Crippen LogP) is 2.15. The summed E-state index contributed by atoms with van der Waals surface area (Å²) in [5.74, 6) is -4.89. The van der Waals surface area contributed by atoms with Crippen LogP contribution in [0, 0.1) is 10.7 Å². The van der Waals surface area contributed by atoms with Crippen molar-refractivity contribution in [2.24, 2.45) is 5.73 Å². The first-order valence-corrected chi connectivity index (χ1v) is 16.6. The summed E-state index contributed by atoms with van der Waals surface area (Å²) < 4.78 is 26.8. The zero-order valence-electron chi connectivity index (χ0n) is 24.7. The first kappa shape index (κ1) is 38.8. The fourth-order valence-corrected chi connectivity index (χ4v) is 8.62. The van der Waals surface area contributed by atoms with Crippen LogP contribution in [0.4, 0.5) is 5.69 Å². The Labute approximate surface area is 299 Å². The van der Waals surface area contributed by atoms with E-state index in [1.807, 2.05) is 45.2 Å². The number of benzene rings is 1. The van der Waals surface area contributed by atoms with Crippen LogP contribution in [0.2, 0.25) is 0 Å². The second kappa shape index (κ2) is 18.1. The molecule has 45 heavy (non-hydrogen) atoms. The molecule has 15 nitrogen and oxygen atoms in total. The number of hydrogen-bond donors (Lipinski definition) is 2. The lowest BCUT2D eigenvalue weighted by Gasteiger charge is -2.31. The lowest BCUT2D eigenvalue weighted by molar-refractivity contribution is -0.159. The second-order valence-electron chi connectivity index (χ2n) is 9.70. The molecule has 1 fully saturated rings. The van der Waals surface area contributed by atoms with E-state index in [2.05, 4.69) is 5.32 Å². The molecule has 0 aliphatic carbocycles. The minimum absolute atomic E-state index is 0.0320. The first-order valence-electron chi connectivity index (χ1n) is 13.4. The van der Waals surface area contributed by atoms with Crippen LogP contribution in [-0.2, 0) is 47.7 Å². The van der Waals surface area contributed by atoms with E-state index in [1.54, 1.807) is 22.6 Å². The second-order valence-corrected chi connectivity index (χ2v) is 12.9. The zero-order chi connectivity index (χ0) is 34.0. The average Bonchev–Trinajstić information content (AvgIpc) is 3.46. The molecule has 1 aliphatic heterocycles. The topological polar surface area (TPSA) is 207 Å². The number of primary amides is 1. The van der Waals surface area contributed by atoms with Gasteiger partial charge in [0.25, 0.3) is 17.7 Å². The Morgan fingerprint density at radius 2 is 1.31 bits per heavy atom. The molecule has 3 N–H and O–H groups in total. The maximum atomic E-state index is 14.4. The predicted molar refractivity (Wildman–Crippen MR) is 181 cm³/mol. The van der Waals surface area contributed by atoms with E-state index in [0.717, 1.165) is 32.6 Å². The summed E-state index contributed by atoms with van der Waals surface area (Å²) in [6.45, 7) is 3.36. The lowest BCUT2D eigenvalue weighted by atomic mass is 10.1. The molecule has 3 unspecified atom stereocenters. The molecule has 0 bridgehead atoms. The van der Waals surface area contributed by atoms with Gasteiger partial charge in [-0.05, 0) is 80.6 Å². The third-order valence-electron chi connectivity index (χ3n) is 5.99. The van der Waals surface area contributed by atoms with Gasteiger partial charge in [-0.3, -0.25) is 33.6 Å². The van der Waals surface area contributed by atoms with Gasteiger partial charge in [0.05, 0.1) is 37.0 Å². The van der Waals surface area contributed by atoms with Crippen molar-refractivity contribution in [1.29, 1.82) is 0 Å². The molecule has 248 valence electrons. The standard InChI is InChI=1S/C27H32I3N3O12/c1-12(34)42-10-16(44-14(3)36)8-33(9-17(45-15(4)37)11-43-13(2)35)27(40)20-21(28)19(25(31)38)22(29)24(23(20)30)32-26(39)18-6-5-7-41-18/h16-18H,5-11H2,1-4H3,(H2,31,38)(H,32,39). The Morgan fingerprint density at radius 3 is 1.71 bits per heavy atom. The SMILES string of the molecule is CC(=O)OCC(CN(CC(COC(C)=O)OC(C)=O)C(=O)c1c(I)c(NC(=O)C2CCCO2)c(I)c(C(N)=O)c1I)OC(C)=O. The Morgan fingerprint density at radius 1 is 0.822 bits per heavy atom.